The smallest absolute Gasteiger partial charge is 0.0629 e. The molecule has 0 aliphatic rings. The molecule has 2 aromatic rings. The molecule has 2 aromatic carbocycles. The van der Waals surface area contributed by atoms with Crippen molar-refractivity contribution < 1.29 is 0 Å². The fourth-order valence-corrected chi connectivity index (χ4v) is 1.75. The van der Waals surface area contributed by atoms with E-state index < -0.39 is 0 Å². The van der Waals surface area contributed by atoms with Gasteiger partial charge in [0.15, 0.2) is 0 Å². The van der Waals surface area contributed by atoms with Crippen LogP contribution in [0.5, 0.6) is 0 Å². The van der Waals surface area contributed by atoms with E-state index in [-0.39, 0.29) is 0 Å². The molecule has 1 heteroatoms. The van der Waals surface area contributed by atoms with Gasteiger partial charge in [-0.3, -0.25) is 4.99 Å². The third-order valence-corrected chi connectivity index (χ3v) is 2.36. The minimum Gasteiger partial charge on any atom is -0.256 e. The number of hydrogen-bond donors (Lipinski definition) is 0. The molecule has 0 unspecified atom stereocenters. The van der Waals surface area contributed by atoms with Crippen molar-refractivity contribution in [2.75, 3.05) is 0 Å². The van der Waals surface area contributed by atoms with Crippen molar-refractivity contribution >= 4 is 11.9 Å². The van der Waals surface area contributed by atoms with Gasteiger partial charge in [-0.15, -0.1) is 0 Å². The van der Waals surface area contributed by atoms with Crippen molar-refractivity contribution in [3.8, 4) is 0 Å². The summed E-state index contributed by atoms with van der Waals surface area (Å²) in [6.07, 6.45) is 1.91. The Kier molecular flexibility index (Phi) is 3.16. The second-order valence-corrected chi connectivity index (χ2v) is 4.01. The fraction of sp³-hybridized carbons (Fsp3) is 0.133. The van der Waals surface area contributed by atoms with Crippen molar-refractivity contribution in [3.63, 3.8) is 0 Å². The van der Waals surface area contributed by atoms with Crippen molar-refractivity contribution in [1.82, 2.24) is 0 Å². The number of rotatable bonds is 2. The van der Waals surface area contributed by atoms with Gasteiger partial charge < -0.3 is 0 Å². The molecule has 0 bridgehead atoms. The SMILES string of the molecule is Cc1cc(C)cc(C=Nc2ccccc2)c1. The van der Waals surface area contributed by atoms with E-state index >= 15 is 0 Å². The lowest BCUT2D eigenvalue weighted by molar-refractivity contribution is 1.37. The quantitative estimate of drug-likeness (QED) is 0.661. The summed E-state index contributed by atoms with van der Waals surface area (Å²) < 4.78 is 0. The van der Waals surface area contributed by atoms with Crippen LogP contribution in [0.4, 0.5) is 5.69 Å². The highest BCUT2D eigenvalue weighted by Crippen LogP contribution is 2.11. The summed E-state index contributed by atoms with van der Waals surface area (Å²) in [5, 5.41) is 0. The molecule has 80 valence electrons. The number of aliphatic imine (C=N–C) groups is 1. The summed E-state index contributed by atoms with van der Waals surface area (Å²) in [5.74, 6) is 0. The molecule has 0 aromatic heterocycles. The minimum atomic E-state index is 0.988. The van der Waals surface area contributed by atoms with Crippen molar-refractivity contribution in [2.45, 2.75) is 13.8 Å². The van der Waals surface area contributed by atoms with E-state index in [2.05, 4.69) is 37.0 Å². The normalized spacial score (nSPS) is 10.9. The lowest BCUT2D eigenvalue weighted by Gasteiger charge is -1.99. The van der Waals surface area contributed by atoms with Crippen LogP contribution in [0.25, 0.3) is 0 Å². The molecule has 0 heterocycles. The Bertz CT molecular complexity index is 478. The molecule has 16 heavy (non-hydrogen) atoms. The average Bonchev–Trinajstić information content (AvgIpc) is 2.27. The summed E-state index contributed by atoms with van der Waals surface area (Å²) in [5.41, 5.74) is 4.69. The summed E-state index contributed by atoms with van der Waals surface area (Å²) in [6, 6.07) is 16.4. The van der Waals surface area contributed by atoms with Crippen LogP contribution in [-0.2, 0) is 0 Å². The zero-order valence-electron chi connectivity index (χ0n) is 9.64. The molecule has 0 N–H and O–H groups in total. The maximum absolute atomic E-state index is 4.43. The van der Waals surface area contributed by atoms with E-state index in [1.807, 2.05) is 36.5 Å². The van der Waals surface area contributed by atoms with Crippen LogP contribution in [-0.4, -0.2) is 6.21 Å². The minimum absolute atomic E-state index is 0.988. The molecule has 0 saturated carbocycles. The second kappa shape index (κ2) is 4.75. The van der Waals surface area contributed by atoms with Gasteiger partial charge in [-0.1, -0.05) is 47.5 Å². The van der Waals surface area contributed by atoms with E-state index in [1.54, 1.807) is 0 Å². The molecule has 1 nitrogen and oxygen atoms in total. The lowest BCUT2D eigenvalue weighted by Crippen LogP contribution is -1.84. The lowest BCUT2D eigenvalue weighted by atomic mass is 10.1. The van der Waals surface area contributed by atoms with E-state index in [0.29, 0.717) is 0 Å². The number of para-hydroxylation sites is 1. The van der Waals surface area contributed by atoms with Gasteiger partial charge in [-0.05, 0) is 31.5 Å². The van der Waals surface area contributed by atoms with Crippen LogP contribution >= 0.6 is 0 Å². The van der Waals surface area contributed by atoms with Gasteiger partial charge in [-0.25, -0.2) is 0 Å². The van der Waals surface area contributed by atoms with Gasteiger partial charge >= 0.3 is 0 Å². The second-order valence-electron chi connectivity index (χ2n) is 4.01. The standard InChI is InChI=1S/C15H15N/c1-12-8-13(2)10-14(9-12)11-16-15-6-4-3-5-7-15/h3-11H,1-2H3. The maximum atomic E-state index is 4.43. The average molecular weight is 209 g/mol. The first-order valence-electron chi connectivity index (χ1n) is 5.41. The largest absolute Gasteiger partial charge is 0.256 e. The van der Waals surface area contributed by atoms with Crippen molar-refractivity contribution in [2.24, 2.45) is 4.99 Å². The van der Waals surface area contributed by atoms with Gasteiger partial charge in [0.2, 0.25) is 0 Å². The zero-order valence-corrected chi connectivity index (χ0v) is 9.64. The van der Waals surface area contributed by atoms with Gasteiger partial charge in [-0.2, -0.15) is 0 Å². The van der Waals surface area contributed by atoms with Crippen LogP contribution in [0.15, 0.2) is 53.5 Å². The predicted octanol–water partition coefficient (Wildman–Crippen LogP) is 4.05. The molecule has 0 radical (unpaired) electrons. The molecular formula is C15H15N. The first-order chi connectivity index (χ1) is 7.74. The molecule has 0 fully saturated rings. The number of aryl methyl sites for hydroxylation is 2. The topological polar surface area (TPSA) is 12.4 Å². The Morgan fingerprint density at radius 1 is 0.875 bits per heavy atom. The van der Waals surface area contributed by atoms with Gasteiger partial charge in [0.05, 0.1) is 5.69 Å². The molecule has 0 spiro atoms. The molecule has 0 saturated heterocycles. The molecule has 2 rings (SSSR count). The summed E-state index contributed by atoms with van der Waals surface area (Å²) in [7, 11) is 0. The predicted molar refractivity (Wildman–Crippen MR) is 69.6 cm³/mol. The maximum Gasteiger partial charge on any atom is 0.0629 e. The van der Waals surface area contributed by atoms with E-state index in [9.17, 15) is 0 Å². The van der Waals surface area contributed by atoms with E-state index in [4.69, 9.17) is 0 Å². The Balaban J connectivity index is 2.24. The molecular weight excluding hydrogens is 194 g/mol. The number of nitrogens with zero attached hydrogens (tertiary/aromatic N) is 1. The highest BCUT2D eigenvalue weighted by Gasteiger charge is 1.92. The van der Waals surface area contributed by atoms with Gasteiger partial charge in [0.1, 0.15) is 0 Å². The van der Waals surface area contributed by atoms with Crippen molar-refractivity contribution in [3.05, 3.63) is 65.2 Å². The first kappa shape index (κ1) is 10.6. The Labute approximate surface area is 96.5 Å². The molecule has 0 atom stereocenters. The third-order valence-electron chi connectivity index (χ3n) is 2.36. The Morgan fingerprint density at radius 3 is 2.12 bits per heavy atom. The summed E-state index contributed by atoms with van der Waals surface area (Å²) >= 11 is 0. The van der Waals surface area contributed by atoms with Crippen LogP contribution in [0.1, 0.15) is 16.7 Å². The first-order valence-corrected chi connectivity index (χ1v) is 5.41. The monoisotopic (exact) mass is 209 g/mol. The summed E-state index contributed by atoms with van der Waals surface area (Å²) in [4.78, 5) is 4.43. The van der Waals surface area contributed by atoms with E-state index in [0.717, 1.165) is 11.3 Å². The fourth-order valence-electron chi connectivity index (χ4n) is 1.75. The van der Waals surface area contributed by atoms with Crippen LogP contribution < -0.4 is 0 Å². The molecule has 0 aliphatic heterocycles. The van der Waals surface area contributed by atoms with Gasteiger partial charge in [0.25, 0.3) is 0 Å². The van der Waals surface area contributed by atoms with Crippen LogP contribution in [0, 0.1) is 13.8 Å². The molecule has 0 aliphatic carbocycles. The summed E-state index contributed by atoms with van der Waals surface area (Å²) in [6.45, 7) is 4.21. The van der Waals surface area contributed by atoms with Crippen LogP contribution in [0.2, 0.25) is 0 Å². The Morgan fingerprint density at radius 2 is 1.50 bits per heavy atom. The van der Waals surface area contributed by atoms with Crippen molar-refractivity contribution in [1.29, 1.82) is 0 Å². The van der Waals surface area contributed by atoms with Crippen LogP contribution in [0.3, 0.4) is 0 Å². The number of benzene rings is 2. The van der Waals surface area contributed by atoms with Gasteiger partial charge in [0, 0.05) is 6.21 Å². The highest BCUT2D eigenvalue weighted by atomic mass is 14.7. The highest BCUT2D eigenvalue weighted by molar-refractivity contribution is 5.82. The number of hydrogen-bond acceptors (Lipinski definition) is 1. The third kappa shape index (κ3) is 2.80. The Hall–Kier alpha value is -1.89. The van der Waals surface area contributed by atoms with E-state index in [1.165, 1.54) is 11.1 Å². The molecule has 0 amide bonds. The zero-order chi connectivity index (χ0) is 11.4.